The fourth-order valence-electron chi connectivity index (χ4n) is 7.13. The van der Waals surface area contributed by atoms with Gasteiger partial charge in [-0.25, -0.2) is 4.98 Å². The zero-order chi connectivity index (χ0) is 36.5. The van der Waals surface area contributed by atoms with Gasteiger partial charge in [-0.1, -0.05) is 23.7 Å². The number of hydrogen-bond donors (Lipinski definition) is 5. The van der Waals surface area contributed by atoms with Crippen molar-refractivity contribution in [2.75, 3.05) is 60.8 Å². The van der Waals surface area contributed by atoms with Crippen LogP contribution in [0.15, 0.2) is 48.4 Å². The summed E-state index contributed by atoms with van der Waals surface area (Å²) in [6, 6.07) is 11.7. The van der Waals surface area contributed by atoms with E-state index in [2.05, 4.69) is 42.2 Å². The monoisotopic (exact) mass is 728 g/mol. The second kappa shape index (κ2) is 14.7. The van der Waals surface area contributed by atoms with Gasteiger partial charge in [0, 0.05) is 69.5 Å². The maximum absolute atomic E-state index is 12.7. The molecule has 3 aliphatic heterocycles. The number of fused-ring (bicyclic) bond motifs is 2. The maximum atomic E-state index is 12.7. The first kappa shape index (κ1) is 35.0. The molecule has 15 nitrogen and oxygen atoms in total. The highest BCUT2D eigenvalue weighted by Gasteiger charge is 2.33. The van der Waals surface area contributed by atoms with Crippen molar-refractivity contribution in [2.24, 2.45) is 13.0 Å². The van der Waals surface area contributed by atoms with Crippen LogP contribution >= 0.6 is 11.6 Å². The van der Waals surface area contributed by atoms with Crippen molar-refractivity contribution in [2.45, 2.75) is 37.8 Å². The van der Waals surface area contributed by atoms with Gasteiger partial charge in [0.1, 0.15) is 10.8 Å². The Morgan fingerprint density at radius 2 is 2.00 bits per heavy atom. The molecule has 2 aromatic carbocycles. The minimum absolute atomic E-state index is 0.209. The largest absolute Gasteiger partial charge is 0.483 e. The van der Waals surface area contributed by atoms with Crippen molar-refractivity contribution in [3.8, 4) is 0 Å². The van der Waals surface area contributed by atoms with Crippen LogP contribution in [0.2, 0.25) is 5.02 Å². The van der Waals surface area contributed by atoms with E-state index in [4.69, 9.17) is 21.4 Å². The number of nitrogens with one attached hydrogen (secondary N) is 4. The number of carbonyl (C=O) groups excluding carboxylic acids is 3. The van der Waals surface area contributed by atoms with Crippen LogP contribution in [0, 0.1) is 5.92 Å². The van der Waals surface area contributed by atoms with Gasteiger partial charge in [0.2, 0.25) is 17.8 Å². The molecule has 4 aromatic rings. The Hall–Kier alpha value is -5.41. The Morgan fingerprint density at radius 1 is 1.15 bits per heavy atom. The highest BCUT2D eigenvalue weighted by atomic mass is 35.5. The van der Waals surface area contributed by atoms with Crippen LogP contribution in [0.5, 0.6) is 0 Å². The number of imide groups is 1. The standard InChI is InChI=1S/C36H41ClN10O5/c1-38-30(49)19-52-28-15-21-14-22(9-11-26(21)45(2)35(28)51)41-33-25(37)17-40-36(43-33)39-16-20-6-5-13-47(18-20)27-8-4-7-23-31(44-46(3)32(23)27)24-10-12-29(48)42-34(24)50/h4,7-9,11,14-15,17,20,24,35,51H,5-6,10,12-13,16,18-19H2,1-3H3,(H,38,49)(H,42,48,50)(H2,39,40,41,43)/t20-,24?,35?/m1/s1. The number of amides is 3. The van der Waals surface area contributed by atoms with E-state index in [-0.39, 0.29) is 30.1 Å². The first-order valence-electron chi connectivity index (χ1n) is 17.3. The number of rotatable bonds is 10. The van der Waals surface area contributed by atoms with Crippen LogP contribution < -0.4 is 31.1 Å². The van der Waals surface area contributed by atoms with Crippen molar-refractivity contribution in [3.05, 3.63) is 64.6 Å². The second-order valence-corrected chi connectivity index (χ2v) is 13.7. The fraction of sp³-hybridized carbons (Fsp3) is 0.389. The third-order valence-corrected chi connectivity index (χ3v) is 10.1. The number of nitrogens with zero attached hydrogens (tertiary/aromatic N) is 6. The van der Waals surface area contributed by atoms with Gasteiger partial charge in [-0.2, -0.15) is 10.1 Å². The minimum Gasteiger partial charge on any atom is -0.483 e. The molecule has 2 saturated heterocycles. The summed E-state index contributed by atoms with van der Waals surface area (Å²) >= 11 is 6.52. The summed E-state index contributed by atoms with van der Waals surface area (Å²) in [5.74, 6) is 0.158. The molecule has 3 atom stereocenters. The number of piperidine rings is 2. The number of aryl methyl sites for hydroxylation is 1. The molecule has 0 spiro atoms. The van der Waals surface area contributed by atoms with E-state index in [1.807, 2.05) is 42.1 Å². The molecule has 0 bridgehead atoms. The van der Waals surface area contributed by atoms with E-state index in [1.54, 1.807) is 24.2 Å². The lowest BCUT2D eigenvalue weighted by molar-refractivity contribution is -0.134. The average molecular weight is 729 g/mol. The van der Waals surface area contributed by atoms with Crippen LogP contribution in [0.3, 0.4) is 0 Å². The zero-order valence-corrected chi connectivity index (χ0v) is 29.9. The first-order chi connectivity index (χ1) is 25.1. The average Bonchev–Trinajstić information content (AvgIpc) is 3.48. The van der Waals surface area contributed by atoms with Gasteiger partial charge in [-0.05, 0) is 55.5 Å². The van der Waals surface area contributed by atoms with Gasteiger partial charge in [-0.3, -0.25) is 24.4 Å². The number of aromatic nitrogens is 4. The smallest absolute Gasteiger partial charge is 0.257 e. The number of halogens is 1. The van der Waals surface area contributed by atoms with Gasteiger partial charge in [0.15, 0.2) is 18.7 Å². The molecule has 2 fully saturated rings. The van der Waals surface area contributed by atoms with Crippen LogP contribution in [0.4, 0.5) is 28.8 Å². The quantitative estimate of drug-likeness (QED) is 0.150. The second-order valence-electron chi connectivity index (χ2n) is 13.3. The molecule has 5 N–H and O–H groups in total. The molecule has 2 unspecified atom stereocenters. The number of aliphatic hydroxyl groups excluding tert-OH is 1. The Labute approximate surface area is 305 Å². The van der Waals surface area contributed by atoms with Gasteiger partial charge in [0.25, 0.3) is 5.91 Å². The number of para-hydroxylation sites is 1. The summed E-state index contributed by atoms with van der Waals surface area (Å²) in [5, 5.41) is 28.4. The highest BCUT2D eigenvalue weighted by Crippen LogP contribution is 2.37. The maximum Gasteiger partial charge on any atom is 0.257 e. The number of carbonyl (C=O) groups is 3. The molecule has 52 heavy (non-hydrogen) atoms. The predicted octanol–water partition coefficient (Wildman–Crippen LogP) is 3.48. The molecule has 272 valence electrons. The van der Waals surface area contributed by atoms with Crippen LogP contribution in [-0.2, 0) is 26.2 Å². The molecule has 3 amide bonds. The van der Waals surface area contributed by atoms with Crippen LogP contribution in [0.1, 0.15) is 42.9 Å². The molecule has 5 heterocycles. The molecule has 3 aliphatic rings. The van der Waals surface area contributed by atoms with E-state index < -0.39 is 12.1 Å². The molecular weight excluding hydrogens is 688 g/mol. The van der Waals surface area contributed by atoms with Crippen molar-refractivity contribution in [1.82, 2.24) is 30.4 Å². The summed E-state index contributed by atoms with van der Waals surface area (Å²) in [5.41, 5.74) is 5.03. The van der Waals surface area contributed by atoms with Crippen LogP contribution in [0.25, 0.3) is 17.0 Å². The van der Waals surface area contributed by atoms with Crippen molar-refractivity contribution in [3.63, 3.8) is 0 Å². The normalized spacial score (nSPS) is 20.2. The highest BCUT2D eigenvalue weighted by molar-refractivity contribution is 6.32. The molecule has 0 radical (unpaired) electrons. The predicted molar refractivity (Wildman–Crippen MR) is 198 cm³/mol. The van der Waals surface area contributed by atoms with Gasteiger partial charge in [0.05, 0.1) is 29.0 Å². The topological polar surface area (TPSA) is 179 Å². The lowest BCUT2D eigenvalue weighted by Gasteiger charge is -2.35. The Balaban J connectivity index is 1.03. The molecule has 0 aliphatic carbocycles. The summed E-state index contributed by atoms with van der Waals surface area (Å²) in [4.78, 5) is 49.3. The molecule has 2 aromatic heterocycles. The Morgan fingerprint density at radius 3 is 2.81 bits per heavy atom. The number of likely N-dealkylation sites (N-methyl/N-ethyl adjacent to an activating group) is 2. The Bertz CT molecular complexity index is 2070. The van der Waals surface area contributed by atoms with Crippen molar-refractivity contribution < 1.29 is 24.2 Å². The lowest BCUT2D eigenvalue weighted by atomic mass is 9.92. The number of benzene rings is 2. The Kier molecular flexibility index (Phi) is 9.88. The van der Waals surface area contributed by atoms with Crippen molar-refractivity contribution >= 4 is 75.1 Å². The number of hydrogen-bond acceptors (Lipinski definition) is 12. The molecule has 7 rings (SSSR count). The lowest BCUT2D eigenvalue weighted by Crippen LogP contribution is -2.39. The number of ether oxygens (including phenoxy) is 1. The third kappa shape index (κ3) is 7.05. The molecular formula is C36H41ClN10O5. The summed E-state index contributed by atoms with van der Waals surface area (Å²) in [6.07, 6.45) is 5.04. The molecule has 0 saturated carbocycles. The number of aliphatic hydroxyl groups is 1. The first-order valence-corrected chi connectivity index (χ1v) is 17.6. The summed E-state index contributed by atoms with van der Waals surface area (Å²) in [7, 11) is 5.17. The van der Waals surface area contributed by atoms with E-state index in [0.29, 0.717) is 53.5 Å². The van der Waals surface area contributed by atoms with Gasteiger partial charge >= 0.3 is 0 Å². The van der Waals surface area contributed by atoms with Gasteiger partial charge < -0.3 is 35.6 Å². The van der Waals surface area contributed by atoms with E-state index in [1.165, 1.54) is 7.05 Å². The van der Waals surface area contributed by atoms with Crippen molar-refractivity contribution in [1.29, 1.82) is 0 Å². The minimum atomic E-state index is -1.03. The van der Waals surface area contributed by atoms with E-state index in [0.717, 1.165) is 53.8 Å². The van der Waals surface area contributed by atoms with Gasteiger partial charge in [-0.15, -0.1) is 0 Å². The van der Waals surface area contributed by atoms with E-state index in [9.17, 15) is 19.5 Å². The summed E-state index contributed by atoms with van der Waals surface area (Å²) < 4.78 is 7.44. The number of anilines is 5. The summed E-state index contributed by atoms with van der Waals surface area (Å²) in [6.45, 7) is 2.15. The third-order valence-electron chi connectivity index (χ3n) is 9.83. The SMILES string of the molecule is CNC(=O)COC1=Cc2cc(Nc3nc(NC[C@H]4CCCN(c5cccc6c(C7CCC(=O)NC7=O)nn(C)c56)C4)ncc3Cl)ccc2N(C)C1O. The fourth-order valence-corrected chi connectivity index (χ4v) is 7.27. The zero-order valence-electron chi connectivity index (χ0n) is 29.1. The van der Waals surface area contributed by atoms with E-state index >= 15 is 0 Å². The molecule has 16 heteroatoms. The van der Waals surface area contributed by atoms with Crippen LogP contribution in [-0.4, -0.2) is 89.1 Å².